The Morgan fingerprint density at radius 3 is 2.31 bits per heavy atom. The predicted octanol–water partition coefficient (Wildman–Crippen LogP) is 8.05. The summed E-state index contributed by atoms with van der Waals surface area (Å²) in [5, 5.41) is 9.23. The second-order valence-electron chi connectivity index (χ2n) is 9.08. The zero-order valence-electron chi connectivity index (χ0n) is 21.3. The molecule has 2 heterocycles. The molecule has 0 radical (unpaired) electrons. The van der Waals surface area contributed by atoms with E-state index in [1.165, 1.54) is 0 Å². The van der Waals surface area contributed by atoms with Gasteiger partial charge in [-0.1, -0.05) is 42.5 Å². The molecule has 0 aliphatic heterocycles. The van der Waals surface area contributed by atoms with Gasteiger partial charge in [0.15, 0.2) is 0 Å². The van der Waals surface area contributed by atoms with Crippen molar-refractivity contribution in [2.75, 3.05) is 17.7 Å². The number of thiocarbonyl (C=S) groups is 1. The first-order valence-electron chi connectivity index (χ1n) is 12.6. The van der Waals surface area contributed by atoms with Crippen LogP contribution in [0.5, 0.6) is 5.75 Å². The highest BCUT2D eigenvalue weighted by molar-refractivity contribution is 7.80. The van der Waals surface area contributed by atoms with Gasteiger partial charge in [0.25, 0.3) is 5.17 Å². The molecular formula is C32H26N4O2S. The van der Waals surface area contributed by atoms with Crippen LogP contribution < -0.4 is 15.4 Å². The van der Waals surface area contributed by atoms with Gasteiger partial charge in [0.2, 0.25) is 0 Å². The van der Waals surface area contributed by atoms with Gasteiger partial charge in [-0.2, -0.15) is 0 Å². The average Bonchev–Trinajstić information content (AvgIpc) is 3.51. The van der Waals surface area contributed by atoms with Crippen molar-refractivity contribution < 1.29 is 9.47 Å². The number of benzene rings is 4. The topological polar surface area (TPSA) is 71.2 Å². The molecule has 0 aliphatic carbocycles. The smallest absolute Gasteiger partial charge is 0.261 e. The molecule has 0 aliphatic rings. The third kappa shape index (κ3) is 5.39. The number of aromatic nitrogens is 2. The number of nitrogens with one attached hydrogen (secondary N) is 3. The largest absolute Gasteiger partial charge is 0.497 e. The Labute approximate surface area is 231 Å². The van der Waals surface area contributed by atoms with Crippen LogP contribution in [0.2, 0.25) is 0 Å². The van der Waals surface area contributed by atoms with E-state index in [9.17, 15) is 0 Å². The summed E-state index contributed by atoms with van der Waals surface area (Å²) in [7, 11) is 1.63. The molecule has 6 aromatic rings. The molecule has 6 nitrogen and oxygen atoms in total. The van der Waals surface area contributed by atoms with Crippen molar-refractivity contribution in [3.63, 3.8) is 0 Å². The Bertz CT molecular complexity index is 1730. The summed E-state index contributed by atoms with van der Waals surface area (Å²) in [5.74, 6) is 0.744. The lowest BCUT2D eigenvalue weighted by Crippen LogP contribution is -2.13. The van der Waals surface area contributed by atoms with E-state index in [1.807, 2.05) is 72.9 Å². The number of nitrogens with zero attached hydrogens (tertiary/aromatic N) is 1. The summed E-state index contributed by atoms with van der Waals surface area (Å²) in [6, 6.07) is 34.3. The van der Waals surface area contributed by atoms with Crippen LogP contribution >= 0.6 is 12.2 Å². The molecule has 0 saturated carbocycles. The van der Waals surface area contributed by atoms with Crippen molar-refractivity contribution in [2.45, 2.75) is 6.61 Å². The third-order valence-electron chi connectivity index (χ3n) is 6.44. The molecule has 3 N–H and O–H groups in total. The van der Waals surface area contributed by atoms with E-state index in [0.29, 0.717) is 6.61 Å². The molecule has 0 saturated heterocycles. The van der Waals surface area contributed by atoms with Crippen LogP contribution in [-0.4, -0.2) is 22.3 Å². The number of H-pyrrole nitrogens is 1. The van der Waals surface area contributed by atoms with Crippen LogP contribution in [-0.2, 0) is 11.3 Å². The molecule has 7 heteroatoms. The summed E-state index contributed by atoms with van der Waals surface area (Å²) in [6.07, 6.45) is 1.92. The standard InChI is InChI=1S/C32H26N4O2S/c1-37-25-9-6-8-23(19-25)35-32(39)38-20-21-16-22(28-14-7-15-33-28)18-24(17-21)34-31-26-10-2-4-12-29(26)36-30-13-5-3-11-27(30)31/h2-19,33H,20H2,1H3,(H,34,36)(H,35,39). The van der Waals surface area contributed by atoms with Gasteiger partial charge in [0.05, 0.1) is 23.8 Å². The summed E-state index contributed by atoms with van der Waals surface area (Å²) in [5.41, 5.74) is 7.67. The van der Waals surface area contributed by atoms with E-state index < -0.39 is 0 Å². The van der Waals surface area contributed by atoms with E-state index in [-0.39, 0.29) is 5.17 Å². The van der Waals surface area contributed by atoms with E-state index in [2.05, 4.69) is 52.0 Å². The average molecular weight is 531 g/mol. The number of rotatable bonds is 7. The van der Waals surface area contributed by atoms with Gasteiger partial charge in [-0.05, 0) is 72.4 Å². The molecule has 0 bridgehead atoms. The van der Waals surface area contributed by atoms with Crippen LogP contribution in [0.15, 0.2) is 109 Å². The van der Waals surface area contributed by atoms with Crippen LogP contribution in [0, 0.1) is 0 Å². The number of hydrogen-bond acceptors (Lipinski definition) is 5. The second-order valence-corrected chi connectivity index (χ2v) is 9.45. The van der Waals surface area contributed by atoms with Crippen LogP contribution in [0.3, 0.4) is 0 Å². The Morgan fingerprint density at radius 2 is 1.59 bits per heavy atom. The van der Waals surface area contributed by atoms with Gasteiger partial charge in [-0.25, -0.2) is 4.98 Å². The van der Waals surface area contributed by atoms with Gasteiger partial charge >= 0.3 is 0 Å². The van der Waals surface area contributed by atoms with E-state index in [0.717, 1.165) is 61.4 Å². The Hall–Kier alpha value is -4.88. The number of ether oxygens (including phenoxy) is 2. The highest BCUT2D eigenvalue weighted by Crippen LogP contribution is 2.34. The van der Waals surface area contributed by atoms with Gasteiger partial charge in [0.1, 0.15) is 12.4 Å². The quantitative estimate of drug-likeness (QED) is 0.143. The first-order chi connectivity index (χ1) is 19.2. The molecule has 192 valence electrons. The minimum atomic E-state index is 0.286. The normalized spacial score (nSPS) is 10.9. The number of aromatic amines is 1. The fourth-order valence-electron chi connectivity index (χ4n) is 4.64. The number of pyridine rings is 1. The molecule has 6 rings (SSSR count). The predicted molar refractivity (Wildman–Crippen MR) is 163 cm³/mol. The monoisotopic (exact) mass is 530 g/mol. The third-order valence-corrected chi connectivity index (χ3v) is 6.66. The summed E-state index contributed by atoms with van der Waals surface area (Å²) in [6.45, 7) is 0.302. The molecule has 0 atom stereocenters. The van der Waals surface area contributed by atoms with Gasteiger partial charge in [0, 0.05) is 45.7 Å². The maximum Gasteiger partial charge on any atom is 0.261 e. The summed E-state index contributed by atoms with van der Waals surface area (Å²) >= 11 is 5.47. The number of fused-ring (bicyclic) bond motifs is 2. The van der Waals surface area contributed by atoms with Gasteiger partial charge in [-0.15, -0.1) is 0 Å². The zero-order valence-corrected chi connectivity index (χ0v) is 22.1. The molecule has 0 amide bonds. The van der Waals surface area contributed by atoms with Crippen molar-refractivity contribution in [3.05, 3.63) is 115 Å². The second kappa shape index (κ2) is 10.8. The minimum absolute atomic E-state index is 0.286. The number of hydrogen-bond donors (Lipinski definition) is 3. The summed E-state index contributed by atoms with van der Waals surface area (Å²) < 4.78 is 11.2. The molecule has 0 unspecified atom stereocenters. The van der Waals surface area contributed by atoms with Crippen LogP contribution in [0.25, 0.3) is 33.1 Å². The van der Waals surface area contributed by atoms with E-state index >= 15 is 0 Å². The molecule has 4 aromatic carbocycles. The van der Waals surface area contributed by atoms with E-state index in [4.69, 9.17) is 26.7 Å². The van der Waals surface area contributed by atoms with Gasteiger partial charge < -0.3 is 25.1 Å². The van der Waals surface area contributed by atoms with E-state index in [1.54, 1.807) is 7.11 Å². The Balaban J connectivity index is 1.32. The lowest BCUT2D eigenvalue weighted by atomic mass is 10.0. The Morgan fingerprint density at radius 1 is 0.821 bits per heavy atom. The van der Waals surface area contributed by atoms with Crippen molar-refractivity contribution in [3.8, 4) is 17.0 Å². The van der Waals surface area contributed by atoms with Crippen molar-refractivity contribution in [2.24, 2.45) is 0 Å². The molecular weight excluding hydrogens is 504 g/mol. The number of anilines is 3. The molecule has 0 spiro atoms. The fraction of sp³-hybridized carbons (Fsp3) is 0.0625. The molecule has 39 heavy (non-hydrogen) atoms. The van der Waals surface area contributed by atoms with Crippen molar-refractivity contribution in [1.29, 1.82) is 0 Å². The lowest BCUT2D eigenvalue weighted by Gasteiger charge is -2.16. The Kier molecular flexibility index (Phi) is 6.80. The SMILES string of the molecule is COc1cccc(NC(=S)OCc2cc(Nc3c4ccccc4nc4ccccc34)cc(-c3ccc[nH]3)c2)c1. The first-order valence-corrected chi connectivity index (χ1v) is 13.0. The summed E-state index contributed by atoms with van der Waals surface area (Å²) in [4.78, 5) is 8.17. The first kappa shape index (κ1) is 24.5. The highest BCUT2D eigenvalue weighted by atomic mass is 32.1. The maximum atomic E-state index is 5.96. The minimum Gasteiger partial charge on any atom is -0.497 e. The van der Waals surface area contributed by atoms with Crippen LogP contribution in [0.4, 0.5) is 17.1 Å². The lowest BCUT2D eigenvalue weighted by molar-refractivity contribution is 0.300. The fourth-order valence-corrected chi connectivity index (χ4v) is 4.81. The van der Waals surface area contributed by atoms with Crippen LogP contribution in [0.1, 0.15) is 5.56 Å². The number of para-hydroxylation sites is 2. The van der Waals surface area contributed by atoms with Gasteiger partial charge in [-0.3, -0.25) is 0 Å². The molecule has 2 aromatic heterocycles. The maximum absolute atomic E-state index is 5.96. The van der Waals surface area contributed by atoms with Crippen molar-refractivity contribution in [1.82, 2.24) is 9.97 Å². The zero-order chi connectivity index (χ0) is 26.6. The molecule has 0 fully saturated rings. The highest BCUT2D eigenvalue weighted by Gasteiger charge is 2.12. The van der Waals surface area contributed by atoms with Crippen molar-refractivity contribution >= 4 is 56.3 Å². The number of methoxy groups -OCH3 is 1.